The first-order valence-corrected chi connectivity index (χ1v) is 7.40. The molecule has 0 aliphatic heterocycles. The average molecular weight is 335 g/mol. The van der Waals surface area contributed by atoms with Gasteiger partial charge in [-0.05, 0) is 52.2 Å². The Morgan fingerprint density at radius 1 is 1.50 bits per heavy atom. The summed E-state index contributed by atoms with van der Waals surface area (Å²) in [5, 5.41) is 0.512. The quantitative estimate of drug-likeness (QED) is 0.751. The van der Waals surface area contributed by atoms with Crippen LogP contribution in [-0.2, 0) is 0 Å². The van der Waals surface area contributed by atoms with Gasteiger partial charge in [-0.3, -0.25) is 0 Å². The molecule has 2 N–H and O–H groups in total. The summed E-state index contributed by atoms with van der Waals surface area (Å²) in [6, 6.07) is 2.77. The maximum atomic E-state index is 14.0. The van der Waals surface area contributed by atoms with Gasteiger partial charge in [0.25, 0.3) is 0 Å². The highest BCUT2D eigenvalue weighted by molar-refractivity contribution is 9.10. The molecule has 0 heterocycles. The summed E-state index contributed by atoms with van der Waals surface area (Å²) in [7, 11) is 0. The molecular formula is C14H18BrClFN. The normalized spacial score (nSPS) is 24.2. The second-order valence-electron chi connectivity index (χ2n) is 5.80. The monoisotopic (exact) mass is 333 g/mol. The van der Waals surface area contributed by atoms with Crippen LogP contribution < -0.4 is 5.73 Å². The van der Waals surface area contributed by atoms with Crippen LogP contribution in [0, 0.1) is 17.2 Å². The molecule has 4 heteroatoms. The number of halogens is 3. The third-order valence-corrected chi connectivity index (χ3v) is 5.37. The molecule has 1 saturated carbocycles. The van der Waals surface area contributed by atoms with Gasteiger partial charge in [-0.1, -0.05) is 31.9 Å². The van der Waals surface area contributed by atoms with Gasteiger partial charge in [-0.2, -0.15) is 0 Å². The van der Waals surface area contributed by atoms with Crippen LogP contribution in [0.2, 0.25) is 5.02 Å². The summed E-state index contributed by atoms with van der Waals surface area (Å²) in [4.78, 5) is 0. The van der Waals surface area contributed by atoms with Crippen molar-refractivity contribution < 1.29 is 4.39 Å². The van der Waals surface area contributed by atoms with Gasteiger partial charge >= 0.3 is 0 Å². The van der Waals surface area contributed by atoms with E-state index in [0.29, 0.717) is 21.0 Å². The van der Waals surface area contributed by atoms with Gasteiger partial charge in [0.15, 0.2) is 0 Å². The summed E-state index contributed by atoms with van der Waals surface area (Å²) in [6.45, 7) is 4.42. The van der Waals surface area contributed by atoms with E-state index in [4.69, 9.17) is 17.3 Å². The smallest absolute Gasteiger partial charge is 0.129 e. The van der Waals surface area contributed by atoms with Crippen LogP contribution in [0.1, 0.15) is 44.7 Å². The highest BCUT2D eigenvalue weighted by atomic mass is 79.9. The molecule has 1 aliphatic rings. The van der Waals surface area contributed by atoms with Crippen LogP contribution in [0.15, 0.2) is 16.6 Å². The zero-order valence-electron chi connectivity index (χ0n) is 10.6. The van der Waals surface area contributed by atoms with E-state index in [2.05, 4.69) is 29.8 Å². The van der Waals surface area contributed by atoms with Gasteiger partial charge in [0.2, 0.25) is 0 Å². The van der Waals surface area contributed by atoms with Crippen LogP contribution in [0.3, 0.4) is 0 Å². The van der Waals surface area contributed by atoms with Gasteiger partial charge in [0.1, 0.15) is 5.82 Å². The fraction of sp³-hybridized carbons (Fsp3) is 0.571. The third-order valence-electron chi connectivity index (χ3n) is 4.17. The molecule has 2 unspecified atom stereocenters. The van der Waals surface area contributed by atoms with Gasteiger partial charge in [-0.15, -0.1) is 0 Å². The first-order valence-electron chi connectivity index (χ1n) is 6.23. The van der Waals surface area contributed by atoms with Crippen LogP contribution in [-0.4, -0.2) is 0 Å². The van der Waals surface area contributed by atoms with E-state index in [1.807, 2.05) is 0 Å². The summed E-state index contributed by atoms with van der Waals surface area (Å²) in [5.74, 6) is 0.0331. The molecule has 2 rings (SSSR count). The molecule has 18 heavy (non-hydrogen) atoms. The largest absolute Gasteiger partial charge is 0.324 e. The second-order valence-corrected chi connectivity index (χ2v) is 7.06. The van der Waals surface area contributed by atoms with Crippen molar-refractivity contribution in [2.24, 2.45) is 17.1 Å². The molecule has 1 fully saturated rings. The van der Waals surface area contributed by atoms with E-state index in [-0.39, 0.29) is 17.3 Å². The number of hydrogen-bond donors (Lipinski definition) is 1. The van der Waals surface area contributed by atoms with E-state index in [0.717, 1.165) is 19.3 Å². The molecule has 1 aromatic rings. The third kappa shape index (κ3) is 2.59. The van der Waals surface area contributed by atoms with E-state index in [9.17, 15) is 4.39 Å². The number of hydrogen-bond acceptors (Lipinski definition) is 1. The second kappa shape index (κ2) is 5.10. The first kappa shape index (κ1) is 14.3. The molecule has 0 aromatic heterocycles. The van der Waals surface area contributed by atoms with Crippen molar-refractivity contribution in [1.29, 1.82) is 0 Å². The zero-order chi connectivity index (χ0) is 13.5. The molecular weight excluding hydrogens is 317 g/mol. The summed E-state index contributed by atoms with van der Waals surface area (Å²) >= 11 is 9.26. The Morgan fingerprint density at radius 3 is 2.72 bits per heavy atom. The maximum Gasteiger partial charge on any atom is 0.129 e. The van der Waals surface area contributed by atoms with Crippen LogP contribution in [0.4, 0.5) is 4.39 Å². The standard InChI is InChI=1S/C14H18BrClFN/c1-14(2)5-3-4-9(14)13(18)8-6-11(16)10(15)7-12(8)17/h6-7,9,13H,3-5,18H2,1-2H3. The van der Waals surface area contributed by atoms with E-state index in [1.54, 1.807) is 6.07 Å². The lowest BCUT2D eigenvalue weighted by molar-refractivity contribution is 0.219. The molecule has 100 valence electrons. The topological polar surface area (TPSA) is 26.0 Å². The molecule has 0 radical (unpaired) electrons. The molecule has 0 spiro atoms. The van der Waals surface area contributed by atoms with E-state index < -0.39 is 0 Å². The predicted octanol–water partition coefficient (Wildman–Crippen LogP) is 5.07. The highest BCUT2D eigenvalue weighted by Crippen LogP contribution is 2.48. The molecule has 1 nitrogen and oxygen atoms in total. The molecule has 1 aromatic carbocycles. The van der Waals surface area contributed by atoms with Crippen molar-refractivity contribution in [3.8, 4) is 0 Å². The Labute approximate surface area is 121 Å². The molecule has 1 aliphatic carbocycles. The van der Waals surface area contributed by atoms with Gasteiger partial charge < -0.3 is 5.73 Å². The minimum atomic E-state index is -0.284. The number of nitrogens with two attached hydrogens (primary N) is 1. The Bertz CT molecular complexity index is 461. The van der Waals surface area contributed by atoms with Crippen LogP contribution in [0.5, 0.6) is 0 Å². The maximum absolute atomic E-state index is 14.0. The van der Waals surface area contributed by atoms with Crippen molar-refractivity contribution >= 4 is 27.5 Å². The van der Waals surface area contributed by atoms with Crippen LogP contribution >= 0.6 is 27.5 Å². The fourth-order valence-electron chi connectivity index (χ4n) is 3.03. The summed E-state index contributed by atoms with van der Waals surface area (Å²) in [5.41, 5.74) is 6.98. The molecule has 2 atom stereocenters. The Morgan fingerprint density at radius 2 is 2.17 bits per heavy atom. The zero-order valence-corrected chi connectivity index (χ0v) is 13.0. The molecule has 0 bridgehead atoms. The first-order chi connectivity index (χ1) is 8.33. The highest BCUT2D eigenvalue weighted by Gasteiger charge is 2.39. The SMILES string of the molecule is CC1(C)CCCC1C(N)c1cc(Cl)c(Br)cc1F. The number of benzene rings is 1. The lowest BCUT2D eigenvalue weighted by Gasteiger charge is -2.32. The Kier molecular flexibility index (Phi) is 4.05. The van der Waals surface area contributed by atoms with Gasteiger partial charge in [0.05, 0.1) is 5.02 Å². The van der Waals surface area contributed by atoms with Gasteiger partial charge in [-0.25, -0.2) is 4.39 Å². The van der Waals surface area contributed by atoms with Gasteiger partial charge in [0, 0.05) is 16.1 Å². The van der Waals surface area contributed by atoms with Crippen molar-refractivity contribution in [1.82, 2.24) is 0 Å². The van der Waals surface area contributed by atoms with Crippen molar-refractivity contribution in [3.05, 3.63) is 33.0 Å². The minimum absolute atomic E-state index is 0.172. The minimum Gasteiger partial charge on any atom is -0.324 e. The van der Waals surface area contributed by atoms with Crippen molar-refractivity contribution in [2.45, 2.75) is 39.2 Å². The summed E-state index contributed by atoms with van der Waals surface area (Å²) < 4.78 is 14.6. The lowest BCUT2D eigenvalue weighted by Crippen LogP contribution is -2.30. The van der Waals surface area contributed by atoms with E-state index >= 15 is 0 Å². The van der Waals surface area contributed by atoms with Crippen molar-refractivity contribution in [2.75, 3.05) is 0 Å². The van der Waals surface area contributed by atoms with Crippen LogP contribution in [0.25, 0.3) is 0 Å². The average Bonchev–Trinajstić information content (AvgIpc) is 2.62. The Balaban J connectivity index is 2.34. The summed E-state index contributed by atoms with van der Waals surface area (Å²) in [6.07, 6.45) is 3.37. The Hall–Kier alpha value is -0.120. The fourth-order valence-corrected chi connectivity index (χ4v) is 3.52. The van der Waals surface area contributed by atoms with E-state index in [1.165, 1.54) is 6.07 Å². The molecule has 0 saturated heterocycles. The predicted molar refractivity (Wildman–Crippen MR) is 77.2 cm³/mol. The molecule has 0 amide bonds. The lowest BCUT2D eigenvalue weighted by atomic mass is 9.76. The number of rotatable bonds is 2. The van der Waals surface area contributed by atoms with Crippen molar-refractivity contribution in [3.63, 3.8) is 0 Å².